The van der Waals surface area contributed by atoms with Crippen molar-refractivity contribution in [2.24, 2.45) is 0 Å². The molecule has 2 aromatic rings. The normalized spacial score (nSPS) is 15.1. The van der Waals surface area contributed by atoms with Crippen molar-refractivity contribution in [1.82, 2.24) is 4.90 Å². The Morgan fingerprint density at radius 1 is 1.10 bits per heavy atom. The molecule has 0 aromatic heterocycles. The highest BCUT2D eigenvalue weighted by molar-refractivity contribution is 9.10. The lowest BCUT2D eigenvalue weighted by Crippen LogP contribution is -2.30. The average molecular weight is 508 g/mol. The molecule has 1 saturated heterocycles. The van der Waals surface area contributed by atoms with E-state index in [1.54, 1.807) is 19.1 Å². The van der Waals surface area contributed by atoms with Crippen molar-refractivity contribution < 1.29 is 19.0 Å². The third-order valence-electron chi connectivity index (χ3n) is 4.50. The molecule has 2 aromatic carbocycles. The Kier molecular flexibility index (Phi) is 7.80. The summed E-state index contributed by atoms with van der Waals surface area (Å²) in [6.45, 7) is 2.97. The van der Waals surface area contributed by atoms with E-state index in [1.165, 1.54) is 11.8 Å². The van der Waals surface area contributed by atoms with Gasteiger partial charge < -0.3 is 14.2 Å². The molecule has 1 aliphatic rings. The number of rotatable bonds is 8. The fraction of sp³-hybridized carbons (Fsp3) is 0.273. The lowest BCUT2D eigenvalue weighted by Gasteiger charge is -2.15. The molecule has 0 spiro atoms. The predicted octanol–water partition coefficient (Wildman–Crippen LogP) is 5.31. The zero-order chi connectivity index (χ0) is 21.7. The van der Waals surface area contributed by atoms with E-state index in [0.29, 0.717) is 40.3 Å². The Morgan fingerprint density at radius 3 is 2.53 bits per heavy atom. The maximum atomic E-state index is 13.0. The molecule has 0 aliphatic carbocycles. The van der Waals surface area contributed by atoms with Crippen molar-refractivity contribution in [3.63, 3.8) is 0 Å². The number of thioether (sulfide) groups is 1. The fourth-order valence-electron chi connectivity index (χ4n) is 3.03. The second-order valence-corrected chi connectivity index (χ2v) is 8.98. The van der Waals surface area contributed by atoms with Gasteiger partial charge in [0.2, 0.25) is 0 Å². The standard InChI is InChI=1S/C22H22BrNO4S2/c1-4-28-17-8-6-16(23)12-15(17)13-20-21(25)24(22(29)30-20)10-9-14-5-7-18(26-2)19(11-14)27-3/h5-8,11-13H,4,9-10H2,1-3H3/b20-13+. The Hall–Kier alpha value is -2.03. The summed E-state index contributed by atoms with van der Waals surface area (Å²) in [4.78, 5) is 15.2. The lowest BCUT2D eigenvalue weighted by atomic mass is 10.1. The van der Waals surface area contributed by atoms with Crippen molar-refractivity contribution in [1.29, 1.82) is 0 Å². The van der Waals surface area contributed by atoms with Crippen LogP contribution in [0.3, 0.4) is 0 Å². The first kappa shape index (κ1) is 22.7. The number of ether oxygens (including phenoxy) is 3. The summed E-state index contributed by atoms with van der Waals surface area (Å²) in [5.41, 5.74) is 1.88. The van der Waals surface area contributed by atoms with Gasteiger partial charge >= 0.3 is 0 Å². The van der Waals surface area contributed by atoms with Gasteiger partial charge in [-0.2, -0.15) is 0 Å². The second-order valence-electron chi connectivity index (χ2n) is 6.39. The smallest absolute Gasteiger partial charge is 0.266 e. The molecule has 5 nitrogen and oxygen atoms in total. The van der Waals surface area contributed by atoms with Crippen molar-refractivity contribution >= 4 is 56.2 Å². The molecule has 1 heterocycles. The molecule has 0 N–H and O–H groups in total. The number of halogens is 1. The van der Waals surface area contributed by atoms with E-state index in [2.05, 4.69) is 15.9 Å². The third kappa shape index (κ3) is 5.17. The largest absolute Gasteiger partial charge is 0.493 e. The van der Waals surface area contributed by atoms with Gasteiger partial charge in [0.05, 0.1) is 25.7 Å². The van der Waals surface area contributed by atoms with Crippen molar-refractivity contribution in [2.45, 2.75) is 13.3 Å². The Labute approximate surface area is 194 Å². The van der Waals surface area contributed by atoms with Gasteiger partial charge in [-0.05, 0) is 55.3 Å². The SMILES string of the molecule is CCOc1ccc(Br)cc1/C=C1/SC(=S)N(CCc2ccc(OC)c(OC)c2)C1=O. The molecule has 0 bridgehead atoms. The van der Waals surface area contributed by atoms with Gasteiger partial charge in [0.25, 0.3) is 5.91 Å². The van der Waals surface area contributed by atoms with Crippen LogP contribution in [-0.4, -0.2) is 42.5 Å². The molecule has 30 heavy (non-hydrogen) atoms. The van der Waals surface area contributed by atoms with Gasteiger partial charge in [-0.25, -0.2) is 0 Å². The minimum atomic E-state index is -0.0899. The summed E-state index contributed by atoms with van der Waals surface area (Å²) in [6, 6.07) is 11.5. The van der Waals surface area contributed by atoms with Gasteiger partial charge in [-0.15, -0.1) is 0 Å². The van der Waals surface area contributed by atoms with Crippen molar-refractivity contribution in [3.8, 4) is 17.2 Å². The highest BCUT2D eigenvalue weighted by Gasteiger charge is 2.32. The maximum Gasteiger partial charge on any atom is 0.266 e. The van der Waals surface area contributed by atoms with E-state index in [-0.39, 0.29) is 5.91 Å². The molecular formula is C22H22BrNO4S2. The second kappa shape index (κ2) is 10.3. The van der Waals surface area contributed by atoms with E-state index >= 15 is 0 Å². The number of carbonyl (C=O) groups is 1. The van der Waals surface area contributed by atoms with E-state index < -0.39 is 0 Å². The van der Waals surface area contributed by atoms with E-state index in [9.17, 15) is 4.79 Å². The van der Waals surface area contributed by atoms with Gasteiger partial charge in [0.15, 0.2) is 11.5 Å². The minimum Gasteiger partial charge on any atom is -0.493 e. The monoisotopic (exact) mass is 507 g/mol. The summed E-state index contributed by atoms with van der Waals surface area (Å²) in [6.07, 6.45) is 2.49. The zero-order valence-corrected chi connectivity index (χ0v) is 20.2. The molecule has 0 saturated carbocycles. The van der Waals surface area contributed by atoms with E-state index in [4.69, 9.17) is 26.4 Å². The van der Waals surface area contributed by atoms with Crippen LogP contribution in [0.25, 0.3) is 6.08 Å². The molecule has 0 unspecified atom stereocenters. The van der Waals surface area contributed by atoms with E-state index in [1.807, 2.05) is 49.4 Å². The van der Waals surface area contributed by atoms with Crippen LogP contribution >= 0.6 is 39.9 Å². The average Bonchev–Trinajstić information content (AvgIpc) is 3.00. The number of methoxy groups -OCH3 is 2. The molecule has 0 radical (unpaired) electrons. The number of thiocarbonyl (C=S) groups is 1. The first-order chi connectivity index (χ1) is 14.5. The Balaban J connectivity index is 1.76. The molecule has 3 rings (SSSR count). The number of amides is 1. The number of hydrogen-bond acceptors (Lipinski definition) is 6. The Bertz CT molecular complexity index is 993. The van der Waals surface area contributed by atoms with Crippen LogP contribution in [0, 0.1) is 0 Å². The molecule has 158 valence electrons. The van der Waals surface area contributed by atoms with Crippen LogP contribution in [0.2, 0.25) is 0 Å². The Morgan fingerprint density at radius 2 is 1.83 bits per heavy atom. The molecule has 1 aliphatic heterocycles. The summed E-state index contributed by atoms with van der Waals surface area (Å²) >= 11 is 10.3. The molecule has 0 atom stereocenters. The van der Waals surface area contributed by atoms with Gasteiger partial charge in [-0.1, -0.05) is 46.0 Å². The minimum absolute atomic E-state index is 0.0899. The first-order valence-corrected chi connectivity index (χ1v) is 11.4. The van der Waals surface area contributed by atoms with Crippen LogP contribution in [-0.2, 0) is 11.2 Å². The van der Waals surface area contributed by atoms with Crippen LogP contribution in [0.1, 0.15) is 18.1 Å². The molecule has 8 heteroatoms. The van der Waals surface area contributed by atoms with Gasteiger partial charge in [-0.3, -0.25) is 9.69 Å². The van der Waals surface area contributed by atoms with Crippen LogP contribution in [0.15, 0.2) is 45.8 Å². The van der Waals surface area contributed by atoms with Gasteiger partial charge in [0, 0.05) is 16.6 Å². The fourth-order valence-corrected chi connectivity index (χ4v) is 4.71. The summed E-state index contributed by atoms with van der Waals surface area (Å²) in [5.74, 6) is 1.98. The van der Waals surface area contributed by atoms with Crippen LogP contribution in [0.5, 0.6) is 17.2 Å². The summed E-state index contributed by atoms with van der Waals surface area (Å²) in [7, 11) is 3.21. The maximum absolute atomic E-state index is 13.0. The van der Waals surface area contributed by atoms with Crippen molar-refractivity contribution in [3.05, 3.63) is 56.9 Å². The zero-order valence-electron chi connectivity index (χ0n) is 16.9. The van der Waals surface area contributed by atoms with Crippen LogP contribution < -0.4 is 14.2 Å². The quantitative estimate of drug-likeness (QED) is 0.356. The van der Waals surface area contributed by atoms with E-state index in [0.717, 1.165) is 21.3 Å². The summed E-state index contributed by atoms with van der Waals surface area (Å²) in [5, 5.41) is 0. The molecular weight excluding hydrogens is 486 g/mol. The topological polar surface area (TPSA) is 48.0 Å². The lowest BCUT2D eigenvalue weighted by molar-refractivity contribution is -0.122. The van der Waals surface area contributed by atoms with Crippen molar-refractivity contribution in [2.75, 3.05) is 27.4 Å². The number of benzene rings is 2. The number of carbonyl (C=O) groups excluding carboxylic acids is 1. The molecule has 1 amide bonds. The first-order valence-electron chi connectivity index (χ1n) is 9.35. The molecule has 1 fully saturated rings. The highest BCUT2D eigenvalue weighted by atomic mass is 79.9. The summed E-state index contributed by atoms with van der Waals surface area (Å²) < 4.78 is 17.8. The number of nitrogens with zero attached hydrogens (tertiary/aromatic N) is 1. The van der Waals surface area contributed by atoms with Gasteiger partial charge in [0.1, 0.15) is 10.1 Å². The van der Waals surface area contributed by atoms with Crippen LogP contribution in [0.4, 0.5) is 0 Å². The predicted molar refractivity (Wildman–Crippen MR) is 128 cm³/mol. The number of hydrogen-bond donors (Lipinski definition) is 0. The highest BCUT2D eigenvalue weighted by Crippen LogP contribution is 2.35. The third-order valence-corrected chi connectivity index (χ3v) is 6.37.